The third-order valence-corrected chi connectivity index (χ3v) is 6.70. The predicted octanol–water partition coefficient (Wildman–Crippen LogP) is 4.88. The highest BCUT2D eigenvalue weighted by molar-refractivity contribution is 9.10. The number of sulfonamides is 1. The van der Waals surface area contributed by atoms with Gasteiger partial charge in [-0.2, -0.15) is 0 Å². The number of rotatable bonds is 6. The van der Waals surface area contributed by atoms with Crippen LogP contribution in [-0.4, -0.2) is 21.4 Å². The van der Waals surface area contributed by atoms with E-state index in [4.69, 9.17) is 4.74 Å². The van der Waals surface area contributed by atoms with E-state index in [1.165, 1.54) is 30.6 Å². The molecular weight excluding hydrogens is 464 g/mol. The third-order valence-electron chi connectivity index (χ3n) is 3.77. The second kappa shape index (κ2) is 8.34. The van der Waals surface area contributed by atoms with Crippen molar-refractivity contribution in [2.75, 3.05) is 17.1 Å². The topological polar surface area (TPSA) is 84.5 Å². The molecule has 0 fully saturated rings. The van der Waals surface area contributed by atoms with Gasteiger partial charge in [-0.25, -0.2) is 8.42 Å². The maximum Gasteiger partial charge on any atom is 0.265 e. The minimum atomic E-state index is -3.93. The number of thiophene rings is 1. The largest absolute Gasteiger partial charge is 0.495 e. The number of hydrogen-bond acceptors (Lipinski definition) is 5. The highest BCUT2D eigenvalue weighted by Gasteiger charge is 2.21. The number of halogens is 1. The zero-order chi connectivity index (χ0) is 20.3. The van der Waals surface area contributed by atoms with Gasteiger partial charge < -0.3 is 10.1 Å². The van der Waals surface area contributed by atoms with Crippen molar-refractivity contribution in [3.05, 3.63) is 68.8 Å². The van der Waals surface area contributed by atoms with Gasteiger partial charge in [-0.05, 0) is 61.5 Å². The second-order valence-corrected chi connectivity index (χ2v) is 9.70. The Bertz CT molecular complexity index is 1110. The maximum absolute atomic E-state index is 12.9. The number of aryl methyl sites for hydroxylation is 1. The van der Waals surface area contributed by atoms with Crippen LogP contribution in [0.1, 0.15) is 14.5 Å². The van der Waals surface area contributed by atoms with Crippen LogP contribution in [0.3, 0.4) is 0 Å². The van der Waals surface area contributed by atoms with Crippen molar-refractivity contribution in [1.82, 2.24) is 0 Å². The molecule has 0 aliphatic carbocycles. The Balaban J connectivity index is 1.89. The van der Waals surface area contributed by atoms with Gasteiger partial charge in [0.05, 0.1) is 12.0 Å². The smallest absolute Gasteiger partial charge is 0.265 e. The van der Waals surface area contributed by atoms with E-state index in [0.29, 0.717) is 16.3 Å². The number of nitrogens with one attached hydrogen (secondary N) is 2. The van der Waals surface area contributed by atoms with Crippen molar-refractivity contribution in [3.8, 4) is 5.75 Å². The molecule has 146 valence electrons. The van der Waals surface area contributed by atoms with E-state index in [-0.39, 0.29) is 16.6 Å². The third kappa shape index (κ3) is 4.73. The average Bonchev–Trinajstić information content (AvgIpc) is 3.10. The molecule has 6 nitrogen and oxygen atoms in total. The summed E-state index contributed by atoms with van der Waals surface area (Å²) in [5, 5.41) is 2.72. The van der Waals surface area contributed by atoms with E-state index in [2.05, 4.69) is 26.0 Å². The van der Waals surface area contributed by atoms with E-state index < -0.39 is 10.0 Å². The van der Waals surface area contributed by atoms with Crippen molar-refractivity contribution >= 4 is 54.6 Å². The van der Waals surface area contributed by atoms with Gasteiger partial charge >= 0.3 is 0 Å². The summed E-state index contributed by atoms with van der Waals surface area (Å²) in [6.45, 7) is 1.91. The van der Waals surface area contributed by atoms with Crippen molar-refractivity contribution in [1.29, 1.82) is 0 Å². The average molecular weight is 481 g/mol. The zero-order valence-corrected chi connectivity index (χ0v) is 18.2. The predicted molar refractivity (Wildman–Crippen MR) is 115 cm³/mol. The highest BCUT2D eigenvalue weighted by Crippen LogP contribution is 2.29. The van der Waals surface area contributed by atoms with Crippen molar-refractivity contribution in [2.45, 2.75) is 11.8 Å². The minimum absolute atomic E-state index is 0.0712. The normalized spacial score (nSPS) is 11.1. The number of hydrogen-bond donors (Lipinski definition) is 2. The van der Waals surface area contributed by atoms with Crippen LogP contribution in [0.4, 0.5) is 11.4 Å². The van der Waals surface area contributed by atoms with E-state index in [9.17, 15) is 13.2 Å². The fraction of sp³-hybridized carbons (Fsp3) is 0.105. The summed E-state index contributed by atoms with van der Waals surface area (Å²) in [7, 11) is -2.54. The van der Waals surface area contributed by atoms with E-state index in [1.807, 2.05) is 13.0 Å². The molecule has 0 aliphatic heterocycles. The summed E-state index contributed by atoms with van der Waals surface area (Å²) < 4.78 is 34.3. The van der Waals surface area contributed by atoms with Crippen LogP contribution in [0.15, 0.2) is 64.0 Å². The number of amides is 1. The lowest BCUT2D eigenvalue weighted by molar-refractivity contribution is 0.103. The number of carbonyl (C=O) groups excluding carboxylic acids is 1. The Hall–Kier alpha value is -2.36. The molecule has 0 aliphatic rings. The molecular formula is C19H17BrN2O4S2. The molecule has 0 radical (unpaired) electrons. The van der Waals surface area contributed by atoms with Crippen LogP contribution in [0, 0.1) is 6.92 Å². The molecule has 0 atom stereocenters. The first-order valence-electron chi connectivity index (χ1n) is 8.13. The first-order valence-corrected chi connectivity index (χ1v) is 11.2. The Kier molecular flexibility index (Phi) is 6.07. The molecule has 28 heavy (non-hydrogen) atoms. The Morgan fingerprint density at radius 1 is 1.04 bits per heavy atom. The molecule has 0 saturated carbocycles. The molecule has 1 aromatic heterocycles. The van der Waals surface area contributed by atoms with Gasteiger partial charge in [-0.3, -0.25) is 9.52 Å². The lowest BCUT2D eigenvalue weighted by Gasteiger charge is -2.13. The Morgan fingerprint density at radius 3 is 2.32 bits per heavy atom. The SMILES string of the molecule is COc1ccc(NC(=O)c2ccc(C)s2)cc1S(=O)(=O)Nc1ccc(Br)cc1. The van der Waals surface area contributed by atoms with Crippen LogP contribution in [0.25, 0.3) is 0 Å². The summed E-state index contributed by atoms with van der Waals surface area (Å²) in [6.07, 6.45) is 0. The zero-order valence-electron chi connectivity index (χ0n) is 15.0. The molecule has 2 N–H and O–H groups in total. The first-order chi connectivity index (χ1) is 13.3. The van der Waals surface area contributed by atoms with Gasteiger partial charge in [0, 0.05) is 20.7 Å². The standard InChI is InChI=1S/C19H17BrN2O4S2/c1-12-3-10-17(27-12)19(23)21-15-8-9-16(26-2)18(11-15)28(24,25)22-14-6-4-13(20)5-7-14/h3-11,22H,1-2H3,(H,21,23). The molecule has 3 rings (SSSR count). The van der Waals surface area contributed by atoms with Crippen LogP contribution >= 0.6 is 27.3 Å². The Morgan fingerprint density at radius 2 is 1.71 bits per heavy atom. The summed E-state index contributed by atoms with van der Waals surface area (Å²) in [5.74, 6) is -0.123. The highest BCUT2D eigenvalue weighted by atomic mass is 79.9. The fourth-order valence-electron chi connectivity index (χ4n) is 2.44. The number of ether oxygens (including phenoxy) is 1. The number of carbonyl (C=O) groups is 1. The lowest BCUT2D eigenvalue weighted by atomic mass is 10.3. The monoisotopic (exact) mass is 480 g/mol. The number of methoxy groups -OCH3 is 1. The minimum Gasteiger partial charge on any atom is -0.495 e. The van der Waals surface area contributed by atoms with Crippen molar-refractivity contribution < 1.29 is 17.9 Å². The van der Waals surface area contributed by atoms with E-state index >= 15 is 0 Å². The van der Waals surface area contributed by atoms with Gasteiger partial charge in [-0.1, -0.05) is 15.9 Å². The fourth-order valence-corrected chi connectivity index (χ4v) is 4.72. The summed E-state index contributed by atoms with van der Waals surface area (Å²) >= 11 is 4.67. The lowest BCUT2D eigenvalue weighted by Crippen LogP contribution is -2.15. The van der Waals surface area contributed by atoms with Gasteiger partial charge in [-0.15, -0.1) is 11.3 Å². The van der Waals surface area contributed by atoms with Crippen LogP contribution < -0.4 is 14.8 Å². The molecule has 1 amide bonds. The van der Waals surface area contributed by atoms with E-state index in [1.54, 1.807) is 36.4 Å². The van der Waals surface area contributed by atoms with E-state index in [0.717, 1.165) is 9.35 Å². The summed E-state index contributed by atoms with van der Waals surface area (Å²) in [4.78, 5) is 13.9. The van der Waals surface area contributed by atoms with Crippen LogP contribution in [-0.2, 0) is 10.0 Å². The molecule has 3 aromatic rings. The molecule has 1 heterocycles. The van der Waals surface area contributed by atoms with Gasteiger partial charge in [0.2, 0.25) is 0 Å². The number of anilines is 2. The van der Waals surface area contributed by atoms with Gasteiger partial charge in [0.15, 0.2) is 0 Å². The van der Waals surface area contributed by atoms with Gasteiger partial charge in [0.25, 0.3) is 15.9 Å². The van der Waals surface area contributed by atoms with Crippen molar-refractivity contribution in [2.24, 2.45) is 0 Å². The quantitative estimate of drug-likeness (QED) is 0.526. The summed E-state index contributed by atoms with van der Waals surface area (Å²) in [6, 6.07) is 14.8. The molecule has 9 heteroatoms. The maximum atomic E-state index is 12.9. The molecule has 0 spiro atoms. The van der Waals surface area contributed by atoms with Crippen molar-refractivity contribution in [3.63, 3.8) is 0 Å². The first kappa shape index (κ1) is 20.4. The van der Waals surface area contributed by atoms with Gasteiger partial charge in [0.1, 0.15) is 10.6 Å². The van der Waals surface area contributed by atoms with Crippen LogP contribution in [0.2, 0.25) is 0 Å². The Labute approximate surface area is 175 Å². The summed E-state index contributed by atoms with van der Waals surface area (Å²) in [5.41, 5.74) is 0.766. The second-order valence-electron chi connectivity index (χ2n) is 5.84. The number of benzene rings is 2. The molecule has 0 saturated heterocycles. The molecule has 0 bridgehead atoms. The molecule has 0 unspecified atom stereocenters. The molecule has 2 aromatic carbocycles. The van der Waals surface area contributed by atoms with Crippen LogP contribution in [0.5, 0.6) is 5.75 Å².